The van der Waals surface area contributed by atoms with Gasteiger partial charge < -0.3 is 14.6 Å². The second kappa shape index (κ2) is 7.12. The molecular formula is C17H18FN5O2. The number of aromatic amines is 1. The minimum absolute atomic E-state index is 0.0693. The normalized spacial score (nSPS) is 17.2. The van der Waals surface area contributed by atoms with E-state index >= 15 is 0 Å². The highest BCUT2D eigenvalue weighted by molar-refractivity contribution is 5.62. The van der Waals surface area contributed by atoms with Crippen LogP contribution in [0.4, 0.5) is 4.39 Å². The number of ether oxygens (including phenoxy) is 1. The SMILES string of the molecule is Fc1ccc(-c2[nH]ncc2CNCc2noc(C3CCCO3)n2)cc1. The van der Waals surface area contributed by atoms with Crippen LogP contribution in [0.1, 0.15) is 36.2 Å². The fourth-order valence-electron chi connectivity index (χ4n) is 2.86. The second-order valence-corrected chi connectivity index (χ2v) is 5.93. The van der Waals surface area contributed by atoms with Gasteiger partial charge in [0, 0.05) is 24.3 Å². The lowest BCUT2D eigenvalue weighted by Crippen LogP contribution is -2.14. The van der Waals surface area contributed by atoms with E-state index in [4.69, 9.17) is 9.26 Å². The molecule has 0 bridgehead atoms. The maximum atomic E-state index is 13.1. The minimum atomic E-state index is -0.262. The summed E-state index contributed by atoms with van der Waals surface area (Å²) in [4.78, 5) is 4.37. The number of nitrogens with zero attached hydrogens (tertiary/aromatic N) is 3. The monoisotopic (exact) mass is 343 g/mol. The fourth-order valence-corrected chi connectivity index (χ4v) is 2.86. The lowest BCUT2D eigenvalue weighted by molar-refractivity contribution is 0.0835. The van der Waals surface area contributed by atoms with Gasteiger partial charge >= 0.3 is 0 Å². The zero-order valence-electron chi connectivity index (χ0n) is 13.5. The number of H-pyrrole nitrogens is 1. The fraction of sp³-hybridized carbons (Fsp3) is 0.353. The zero-order chi connectivity index (χ0) is 17.1. The molecule has 3 aromatic rings. The number of nitrogens with one attached hydrogen (secondary N) is 2. The smallest absolute Gasteiger partial charge is 0.255 e. The second-order valence-electron chi connectivity index (χ2n) is 5.93. The van der Waals surface area contributed by atoms with E-state index in [0.717, 1.165) is 36.3 Å². The Hall–Kier alpha value is -2.58. The molecule has 1 saturated heterocycles. The van der Waals surface area contributed by atoms with Crippen molar-refractivity contribution in [1.82, 2.24) is 25.7 Å². The summed E-state index contributed by atoms with van der Waals surface area (Å²) in [6.45, 7) is 1.80. The summed E-state index contributed by atoms with van der Waals surface area (Å²) in [6, 6.07) is 6.30. The molecule has 130 valence electrons. The van der Waals surface area contributed by atoms with E-state index in [-0.39, 0.29) is 11.9 Å². The van der Waals surface area contributed by atoms with Gasteiger partial charge in [-0.05, 0) is 37.1 Å². The topological polar surface area (TPSA) is 88.9 Å². The quantitative estimate of drug-likeness (QED) is 0.715. The summed E-state index contributed by atoms with van der Waals surface area (Å²) in [5.41, 5.74) is 2.73. The first-order chi connectivity index (χ1) is 12.3. The van der Waals surface area contributed by atoms with Gasteiger partial charge in [-0.1, -0.05) is 5.16 Å². The third-order valence-corrected chi connectivity index (χ3v) is 4.14. The lowest BCUT2D eigenvalue weighted by Gasteiger charge is -2.04. The van der Waals surface area contributed by atoms with Crippen molar-refractivity contribution < 1.29 is 13.7 Å². The molecule has 1 atom stereocenters. The molecule has 2 N–H and O–H groups in total. The summed E-state index contributed by atoms with van der Waals surface area (Å²) in [5, 5.41) is 14.3. The number of rotatable bonds is 6. The molecule has 1 aliphatic rings. The van der Waals surface area contributed by atoms with E-state index < -0.39 is 0 Å². The van der Waals surface area contributed by atoms with Crippen LogP contribution in [0.25, 0.3) is 11.3 Å². The molecule has 1 unspecified atom stereocenters. The Labute approximate surface area is 143 Å². The lowest BCUT2D eigenvalue weighted by atomic mass is 10.1. The molecule has 2 aromatic heterocycles. The molecule has 3 heterocycles. The molecular weight excluding hydrogens is 325 g/mol. The molecule has 1 aromatic carbocycles. The Balaban J connectivity index is 1.36. The van der Waals surface area contributed by atoms with E-state index in [1.165, 1.54) is 12.1 Å². The third-order valence-electron chi connectivity index (χ3n) is 4.14. The van der Waals surface area contributed by atoms with Crippen molar-refractivity contribution in [3.63, 3.8) is 0 Å². The van der Waals surface area contributed by atoms with Crippen molar-refractivity contribution in [3.8, 4) is 11.3 Å². The summed E-state index contributed by atoms with van der Waals surface area (Å²) < 4.78 is 23.9. The van der Waals surface area contributed by atoms with E-state index in [1.54, 1.807) is 18.3 Å². The molecule has 0 aliphatic carbocycles. The van der Waals surface area contributed by atoms with Crippen LogP contribution < -0.4 is 5.32 Å². The van der Waals surface area contributed by atoms with Gasteiger partial charge in [0.2, 0.25) is 0 Å². The van der Waals surface area contributed by atoms with Gasteiger partial charge in [-0.3, -0.25) is 5.10 Å². The Bertz CT molecular complexity index is 824. The molecule has 1 fully saturated rings. The van der Waals surface area contributed by atoms with Crippen molar-refractivity contribution >= 4 is 0 Å². The summed E-state index contributed by atoms with van der Waals surface area (Å²) >= 11 is 0. The van der Waals surface area contributed by atoms with Crippen LogP contribution in [0.3, 0.4) is 0 Å². The van der Waals surface area contributed by atoms with Crippen molar-refractivity contribution in [3.05, 3.63) is 53.6 Å². The number of aromatic nitrogens is 4. The minimum Gasteiger partial charge on any atom is -0.368 e. The van der Waals surface area contributed by atoms with Crippen molar-refractivity contribution in [1.29, 1.82) is 0 Å². The molecule has 25 heavy (non-hydrogen) atoms. The highest BCUT2D eigenvalue weighted by Crippen LogP contribution is 2.27. The van der Waals surface area contributed by atoms with Crippen molar-refractivity contribution in [2.24, 2.45) is 0 Å². The number of hydrogen-bond donors (Lipinski definition) is 2. The maximum Gasteiger partial charge on any atom is 0.255 e. The van der Waals surface area contributed by atoms with E-state index in [1.807, 2.05) is 0 Å². The first kappa shape index (κ1) is 15.9. The van der Waals surface area contributed by atoms with Crippen LogP contribution in [0.15, 0.2) is 35.0 Å². The zero-order valence-corrected chi connectivity index (χ0v) is 13.5. The van der Waals surface area contributed by atoms with Gasteiger partial charge in [0.1, 0.15) is 11.9 Å². The van der Waals surface area contributed by atoms with Gasteiger partial charge in [0.05, 0.1) is 18.4 Å². The highest BCUT2D eigenvalue weighted by Gasteiger charge is 2.23. The van der Waals surface area contributed by atoms with Crippen LogP contribution >= 0.6 is 0 Å². The van der Waals surface area contributed by atoms with Gasteiger partial charge in [0.25, 0.3) is 5.89 Å². The Morgan fingerprint density at radius 1 is 1.24 bits per heavy atom. The largest absolute Gasteiger partial charge is 0.368 e. The predicted octanol–water partition coefficient (Wildman–Crippen LogP) is 2.74. The van der Waals surface area contributed by atoms with E-state index in [2.05, 4.69) is 25.7 Å². The van der Waals surface area contributed by atoms with E-state index in [0.29, 0.717) is 24.8 Å². The van der Waals surface area contributed by atoms with Crippen LogP contribution in [0.2, 0.25) is 0 Å². The molecule has 7 nitrogen and oxygen atoms in total. The molecule has 0 amide bonds. The summed E-state index contributed by atoms with van der Waals surface area (Å²) in [6.07, 6.45) is 3.62. The molecule has 0 radical (unpaired) electrons. The highest BCUT2D eigenvalue weighted by atomic mass is 19.1. The summed E-state index contributed by atoms with van der Waals surface area (Å²) in [5.74, 6) is 0.879. The number of benzene rings is 1. The molecule has 4 rings (SSSR count). The van der Waals surface area contributed by atoms with Gasteiger partial charge in [-0.15, -0.1) is 0 Å². The van der Waals surface area contributed by atoms with Crippen LogP contribution in [-0.4, -0.2) is 26.9 Å². The van der Waals surface area contributed by atoms with Crippen LogP contribution in [0.5, 0.6) is 0 Å². The average Bonchev–Trinajstić information content (AvgIpc) is 3.37. The number of hydrogen-bond acceptors (Lipinski definition) is 6. The Morgan fingerprint density at radius 2 is 2.12 bits per heavy atom. The molecule has 0 saturated carbocycles. The van der Waals surface area contributed by atoms with Gasteiger partial charge in [0.15, 0.2) is 5.82 Å². The van der Waals surface area contributed by atoms with Gasteiger partial charge in [-0.25, -0.2) is 4.39 Å². The van der Waals surface area contributed by atoms with Crippen molar-refractivity contribution in [2.75, 3.05) is 6.61 Å². The number of halogens is 1. The van der Waals surface area contributed by atoms with Crippen LogP contribution in [0, 0.1) is 5.82 Å². The third kappa shape index (κ3) is 3.59. The first-order valence-corrected chi connectivity index (χ1v) is 8.22. The summed E-state index contributed by atoms with van der Waals surface area (Å²) in [7, 11) is 0. The average molecular weight is 343 g/mol. The van der Waals surface area contributed by atoms with E-state index in [9.17, 15) is 4.39 Å². The maximum absolute atomic E-state index is 13.1. The molecule has 0 spiro atoms. The van der Waals surface area contributed by atoms with Gasteiger partial charge in [-0.2, -0.15) is 10.1 Å². The Morgan fingerprint density at radius 3 is 2.92 bits per heavy atom. The predicted molar refractivity (Wildman–Crippen MR) is 86.8 cm³/mol. The van der Waals surface area contributed by atoms with Crippen LogP contribution in [-0.2, 0) is 17.8 Å². The molecule has 8 heteroatoms. The Kier molecular flexibility index (Phi) is 4.53. The standard InChI is InChI=1S/C17H18FN5O2/c18-13-5-3-11(4-6-13)16-12(9-20-22-16)8-19-10-15-21-17(25-23-15)14-2-1-7-24-14/h3-6,9,14,19H,1-2,7-8,10H2,(H,20,22). The first-order valence-electron chi connectivity index (χ1n) is 8.22. The van der Waals surface area contributed by atoms with Crippen molar-refractivity contribution in [2.45, 2.75) is 32.0 Å². The molecule has 1 aliphatic heterocycles.